The summed E-state index contributed by atoms with van der Waals surface area (Å²) in [6.07, 6.45) is 4.85. The lowest BCUT2D eigenvalue weighted by molar-refractivity contribution is -0.133. The minimum Gasteiger partial charge on any atom is -0.338 e. The fourth-order valence-electron chi connectivity index (χ4n) is 2.83. The third-order valence-electron chi connectivity index (χ3n) is 3.87. The van der Waals surface area contributed by atoms with Gasteiger partial charge in [0.2, 0.25) is 5.91 Å². The summed E-state index contributed by atoms with van der Waals surface area (Å²) in [6.45, 7) is 7.21. The van der Waals surface area contributed by atoms with Gasteiger partial charge in [-0.1, -0.05) is 6.92 Å². The van der Waals surface area contributed by atoms with Crippen LogP contribution in [0.4, 0.5) is 0 Å². The van der Waals surface area contributed by atoms with Gasteiger partial charge in [-0.2, -0.15) is 0 Å². The van der Waals surface area contributed by atoms with Crippen LogP contribution >= 0.6 is 23.7 Å². The van der Waals surface area contributed by atoms with Crippen molar-refractivity contribution in [3.63, 3.8) is 0 Å². The number of amides is 1. The second-order valence-corrected chi connectivity index (χ2v) is 6.97. The first kappa shape index (κ1) is 18.5. The van der Waals surface area contributed by atoms with Crippen LogP contribution in [0.2, 0.25) is 0 Å². The molecule has 1 N–H and O–H groups in total. The van der Waals surface area contributed by atoms with Crippen molar-refractivity contribution in [2.45, 2.75) is 52.0 Å². The number of halogens is 1. The van der Waals surface area contributed by atoms with Crippen LogP contribution in [-0.4, -0.2) is 36.5 Å². The van der Waals surface area contributed by atoms with Gasteiger partial charge in [-0.25, -0.2) is 0 Å². The van der Waals surface area contributed by atoms with Crippen LogP contribution in [0.5, 0.6) is 0 Å². The second-order valence-electron chi connectivity index (χ2n) is 5.60. The van der Waals surface area contributed by atoms with Crippen LogP contribution in [0, 0.1) is 6.92 Å². The fraction of sp³-hybridized carbons (Fsp3) is 0.688. The minimum absolute atomic E-state index is 0. The standard InChI is InChI=1S/C16H26N2OS.ClH/c1-3-11-18(14-9-10-17-12-14)16(19)6-4-5-15-8-7-13(2)20-15;/h7-8,14,17H,3-6,9-12H2,1-2H3;1H. The summed E-state index contributed by atoms with van der Waals surface area (Å²) in [5.41, 5.74) is 0. The van der Waals surface area contributed by atoms with Crippen LogP contribution in [0.3, 0.4) is 0 Å². The van der Waals surface area contributed by atoms with E-state index in [1.165, 1.54) is 9.75 Å². The SMILES string of the molecule is CCCN(C(=O)CCCc1ccc(C)s1)C1CCNC1.Cl. The molecule has 1 saturated heterocycles. The molecule has 1 atom stereocenters. The van der Waals surface area contributed by atoms with Gasteiger partial charge in [0.25, 0.3) is 0 Å². The van der Waals surface area contributed by atoms with E-state index in [1.54, 1.807) is 0 Å². The third-order valence-corrected chi connectivity index (χ3v) is 4.93. The van der Waals surface area contributed by atoms with Crippen LogP contribution in [-0.2, 0) is 11.2 Å². The van der Waals surface area contributed by atoms with Crippen molar-refractivity contribution in [3.05, 3.63) is 21.9 Å². The van der Waals surface area contributed by atoms with E-state index in [0.717, 1.165) is 45.3 Å². The lowest BCUT2D eigenvalue weighted by Gasteiger charge is -2.28. The predicted octanol–water partition coefficient (Wildman–Crippen LogP) is 3.40. The molecule has 1 fully saturated rings. The van der Waals surface area contributed by atoms with Crippen molar-refractivity contribution in [3.8, 4) is 0 Å². The van der Waals surface area contributed by atoms with E-state index >= 15 is 0 Å². The Morgan fingerprint density at radius 1 is 1.48 bits per heavy atom. The zero-order valence-corrected chi connectivity index (χ0v) is 14.7. The highest BCUT2D eigenvalue weighted by molar-refractivity contribution is 7.11. The molecule has 1 amide bonds. The number of carbonyl (C=O) groups is 1. The molecule has 5 heteroatoms. The van der Waals surface area contributed by atoms with E-state index in [1.807, 2.05) is 11.3 Å². The summed E-state index contributed by atoms with van der Waals surface area (Å²) < 4.78 is 0. The van der Waals surface area contributed by atoms with Crippen LogP contribution in [0.25, 0.3) is 0 Å². The number of nitrogens with zero attached hydrogens (tertiary/aromatic N) is 1. The van der Waals surface area contributed by atoms with Crippen LogP contribution < -0.4 is 5.32 Å². The summed E-state index contributed by atoms with van der Waals surface area (Å²) in [6, 6.07) is 4.77. The van der Waals surface area contributed by atoms with Crippen molar-refractivity contribution in [1.29, 1.82) is 0 Å². The summed E-state index contributed by atoms with van der Waals surface area (Å²) in [4.78, 5) is 17.3. The van der Waals surface area contributed by atoms with Crippen molar-refractivity contribution in [1.82, 2.24) is 10.2 Å². The molecule has 3 nitrogen and oxygen atoms in total. The minimum atomic E-state index is 0. The molecule has 0 aromatic carbocycles. The number of nitrogens with one attached hydrogen (secondary N) is 1. The maximum absolute atomic E-state index is 12.4. The van der Waals surface area contributed by atoms with E-state index in [9.17, 15) is 4.79 Å². The van der Waals surface area contributed by atoms with Gasteiger partial charge in [-0.05, 0) is 51.3 Å². The quantitative estimate of drug-likeness (QED) is 0.831. The molecule has 0 spiro atoms. The van der Waals surface area contributed by atoms with E-state index in [2.05, 4.69) is 36.2 Å². The first-order valence-electron chi connectivity index (χ1n) is 7.76. The van der Waals surface area contributed by atoms with E-state index in [4.69, 9.17) is 0 Å². The molecule has 21 heavy (non-hydrogen) atoms. The smallest absolute Gasteiger partial charge is 0.222 e. The molecule has 1 aliphatic rings. The topological polar surface area (TPSA) is 32.3 Å². The lowest BCUT2D eigenvalue weighted by Crippen LogP contribution is -2.42. The molecule has 1 aliphatic heterocycles. The van der Waals surface area contributed by atoms with Crippen molar-refractivity contribution >= 4 is 29.7 Å². The lowest BCUT2D eigenvalue weighted by atomic mass is 10.1. The van der Waals surface area contributed by atoms with Crippen molar-refractivity contribution in [2.75, 3.05) is 19.6 Å². The van der Waals surface area contributed by atoms with Gasteiger partial charge in [0.05, 0.1) is 0 Å². The molecular weight excluding hydrogens is 304 g/mol. The molecule has 120 valence electrons. The Balaban J connectivity index is 0.00000220. The number of thiophene rings is 1. The molecule has 0 bridgehead atoms. The fourth-order valence-corrected chi connectivity index (χ4v) is 3.77. The number of aryl methyl sites for hydroxylation is 2. The normalized spacial score (nSPS) is 17.5. The second kappa shape index (κ2) is 9.44. The Labute approximate surface area is 138 Å². The maximum atomic E-state index is 12.4. The summed E-state index contributed by atoms with van der Waals surface area (Å²) >= 11 is 1.85. The summed E-state index contributed by atoms with van der Waals surface area (Å²) in [7, 11) is 0. The van der Waals surface area contributed by atoms with E-state index in [0.29, 0.717) is 18.4 Å². The first-order valence-corrected chi connectivity index (χ1v) is 8.58. The molecule has 1 aromatic heterocycles. The number of hydrogen-bond donors (Lipinski definition) is 1. The van der Waals surface area contributed by atoms with Crippen molar-refractivity contribution in [2.24, 2.45) is 0 Å². The Bertz CT molecular complexity index is 430. The van der Waals surface area contributed by atoms with Crippen molar-refractivity contribution < 1.29 is 4.79 Å². The number of rotatable bonds is 7. The Morgan fingerprint density at radius 2 is 2.29 bits per heavy atom. The van der Waals surface area contributed by atoms with Gasteiger partial charge in [-0.15, -0.1) is 23.7 Å². The summed E-state index contributed by atoms with van der Waals surface area (Å²) in [5.74, 6) is 0.342. The van der Waals surface area contributed by atoms with Crippen LogP contribution in [0.1, 0.15) is 42.4 Å². The number of carbonyl (C=O) groups excluding carboxylic acids is 1. The Hall–Kier alpha value is -0.580. The monoisotopic (exact) mass is 330 g/mol. The molecule has 2 heterocycles. The summed E-state index contributed by atoms with van der Waals surface area (Å²) in [5, 5.41) is 3.36. The van der Waals surface area contributed by atoms with Gasteiger partial charge in [0, 0.05) is 35.3 Å². The van der Waals surface area contributed by atoms with Gasteiger partial charge in [0.1, 0.15) is 0 Å². The first-order chi connectivity index (χ1) is 9.70. The largest absolute Gasteiger partial charge is 0.338 e. The maximum Gasteiger partial charge on any atom is 0.222 e. The predicted molar refractivity (Wildman–Crippen MR) is 92.5 cm³/mol. The molecule has 0 aliphatic carbocycles. The molecule has 2 rings (SSSR count). The molecular formula is C16H27ClN2OS. The molecule has 0 saturated carbocycles. The Kier molecular flexibility index (Phi) is 8.30. The molecule has 0 radical (unpaired) electrons. The average molecular weight is 331 g/mol. The zero-order chi connectivity index (χ0) is 14.4. The van der Waals surface area contributed by atoms with Gasteiger partial charge >= 0.3 is 0 Å². The highest BCUT2D eigenvalue weighted by Crippen LogP contribution is 2.18. The third kappa shape index (κ3) is 5.61. The van der Waals surface area contributed by atoms with Gasteiger partial charge in [0.15, 0.2) is 0 Å². The van der Waals surface area contributed by atoms with Gasteiger partial charge < -0.3 is 10.2 Å². The average Bonchev–Trinajstić information content (AvgIpc) is 3.07. The zero-order valence-electron chi connectivity index (χ0n) is 13.1. The van der Waals surface area contributed by atoms with Gasteiger partial charge in [-0.3, -0.25) is 4.79 Å². The highest BCUT2D eigenvalue weighted by atomic mass is 35.5. The molecule has 1 unspecified atom stereocenters. The van der Waals surface area contributed by atoms with E-state index < -0.39 is 0 Å². The van der Waals surface area contributed by atoms with Crippen LogP contribution in [0.15, 0.2) is 12.1 Å². The molecule has 1 aromatic rings. The number of hydrogen-bond acceptors (Lipinski definition) is 3. The van der Waals surface area contributed by atoms with E-state index in [-0.39, 0.29) is 12.4 Å². The Morgan fingerprint density at radius 3 is 2.86 bits per heavy atom. The highest BCUT2D eigenvalue weighted by Gasteiger charge is 2.25.